The van der Waals surface area contributed by atoms with E-state index in [9.17, 15) is 23.4 Å². The molecule has 0 fully saturated rings. The molecule has 1 aromatic heterocycles. The summed E-state index contributed by atoms with van der Waals surface area (Å²) in [6.07, 6.45) is 4.79. The number of aliphatic carboxylic acids is 1. The van der Waals surface area contributed by atoms with Crippen molar-refractivity contribution < 1.29 is 23.4 Å². The Morgan fingerprint density at radius 1 is 1.08 bits per heavy atom. The highest BCUT2D eigenvalue weighted by Crippen LogP contribution is 2.38. The molecule has 0 bridgehead atoms. The van der Waals surface area contributed by atoms with Gasteiger partial charge in [0, 0.05) is 39.2 Å². The van der Waals surface area contributed by atoms with E-state index in [1.54, 1.807) is 24.3 Å². The summed E-state index contributed by atoms with van der Waals surface area (Å²) in [5.74, 6) is -1.29. The second-order valence-electron chi connectivity index (χ2n) is 9.52. The molecule has 9 heteroatoms. The highest BCUT2D eigenvalue weighted by Gasteiger charge is 2.35. The first-order valence-electron chi connectivity index (χ1n) is 12.4. The summed E-state index contributed by atoms with van der Waals surface area (Å²) in [5, 5.41) is 26.7. The number of carboxylic acids is 1. The lowest BCUT2D eigenvalue weighted by Crippen LogP contribution is -2.32. The summed E-state index contributed by atoms with van der Waals surface area (Å²) < 4.78 is 26.3. The Bertz CT molecular complexity index is 1590. The van der Waals surface area contributed by atoms with Gasteiger partial charge in [0.2, 0.25) is 10.0 Å². The van der Waals surface area contributed by atoms with Gasteiger partial charge < -0.3 is 14.8 Å². The van der Waals surface area contributed by atoms with E-state index in [2.05, 4.69) is 17.6 Å². The van der Waals surface area contributed by atoms with Crippen LogP contribution >= 0.6 is 11.8 Å². The Morgan fingerprint density at radius 3 is 2.37 bits per heavy atom. The van der Waals surface area contributed by atoms with Crippen molar-refractivity contribution >= 4 is 38.7 Å². The van der Waals surface area contributed by atoms with Gasteiger partial charge in [-0.3, -0.25) is 0 Å². The Labute approximate surface area is 227 Å². The smallest absolute Gasteiger partial charge is 0.340 e. The van der Waals surface area contributed by atoms with Crippen LogP contribution in [-0.4, -0.2) is 35.4 Å². The van der Waals surface area contributed by atoms with Crippen LogP contribution in [0.3, 0.4) is 0 Å². The van der Waals surface area contributed by atoms with Crippen LogP contribution in [-0.2, 0) is 33.4 Å². The Kier molecular flexibility index (Phi) is 8.04. The summed E-state index contributed by atoms with van der Waals surface area (Å²) in [6, 6.07) is 20.1. The Morgan fingerprint density at radius 2 is 1.76 bits per heavy atom. The summed E-state index contributed by atoms with van der Waals surface area (Å²) in [6.45, 7) is 4.03. The van der Waals surface area contributed by atoms with Crippen molar-refractivity contribution in [3.8, 4) is 11.1 Å². The number of nitrogens with two attached hydrogens (primary N) is 1. The molecule has 7 nitrogen and oxygen atoms in total. The third kappa shape index (κ3) is 5.37. The standard InChI is InChI=1S/C29H32N2O5S2/c1-4-5-8-21-17-23-25(16-15-24(27(23)37-3)29(2,34)28(32)33)31(21)18-19-11-13-20(14-12-19)22-9-6-7-10-26(22)38(30,35)36/h6-7,9-17,34H,4-5,8,18H2,1-3H3,(H,32,33)(H2,30,35,36). The largest absolute Gasteiger partial charge is 0.479 e. The lowest BCUT2D eigenvalue weighted by Gasteiger charge is -2.22. The van der Waals surface area contributed by atoms with Gasteiger partial charge in [0.1, 0.15) is 0 Å². The number of sulfonamides is 1. The minimum absolute atomic E-state index is 0.0867. The molecule has 200 valence electrons. The number of fused-ring (bicyclic) bond motifs is 1. The van der Waals surface area contributed by atoms with Crippen LogP contribution in [0.4, 0.5) is 0 Å². The second kappa shape index (κ2) is 10.9. The molecule has 3 aromatic carbocycles. The number of primary sulfonamides is 1. The third-order valence-electron chi connectivity index (χ3n) is 6.85. The molecule has 0 saturated heterocycles. The monoisotopic (exact) mass is 552 g/mol. The van der Waals surface area contributed by atoms with Gasteiger partial charge >= 0.3 is 5.97 Å². The zero-order valence-corrected chi connectivity index (χ0v) is 23.3. The number of unbranched alkanes of at least 4 members (excludes halogenated alkanes) is 1. The fraction of sp³-hybridized carbons (Fsp3) is 0.276. The first-order chi connectivity index (χ1) is 18.0. The van der Waals surface area contributed by atoms with Gasteiger partial charge in [-0.15, -0.1) is 11.8 Å². The summed E-state index contributed by atoms with van der Waals surface area (Å²) >= 11 is 1.43. The topological polar surface area (TPSA) is 123 Å². The van der Waals surface area contributed by atoms with E-state index in [0.717, 1.165) is 51.9 Å². The molecule has 0 aliphatic rings. The maximum atomic E-state index is 12.1. The van der Waals surface area contributed by atoms with E-state index >= 15 is 0 Å². The quantitative estimate of drug-likeness (QED) is 0.228. The lowest BCUT2D eigenvalue weighted by molar-refractivity contribution is -0.157. The molecule has 38 heavy (non-hydrogen) atoms. The predicted octanol–water partition coefficient (Wildman–Crippen LogP) is 5.36. The minimum Gasteiger partial charge on any atom is -0.479 e. The van der Waals surface area contributed by atoms with E-state index in [1.165, 1.54) is 24.8 Å². The maximum absolute atomic E-state index is 12.1. The zero-order chi connectivity index (χ0) is 27.7. The molecule has 0 radical (unpaired) electrons. The van der Waals surface area contributed by atoms with Crippen molar-refractivity contribution in [1.82, 2.24) is 4.57 Å². The number of nitrogens with zero attached hydrogens (tertiary/aromatic N) is 1. The van der Waals surface area contributed by atoms with Crippen molar-refractivity contribution in [1.29, 1.82) is 0 Å². The number of hydrogen-bond donors (Lipinski definition) is 3. The SMILES string of the molecule is CCCCc1cc2c(SC)c(C(C)(O)C(=O)O)ccc2n1Cc1ccc(-c2ccccc2S(N)(=O)=O)cc1. The fourth-order valence-electron chi connectivity index (χ4n) is 4.76. The molecular formula is C29H32N2O5S2. The number of aliphatic hydroxyl groups is 1. The normalized spacial score (nSPS) is 13.5. The van der Waals surface area contributed by atoms with Gasteiger partial charge in [-0.1, -0.05) is 61.9 Å². The molecular weight excluding hydrogens is 520 g/mol. The van der Waals surface area contributed by atoms with Crippen molar-refractivity contribution in [2.24, 2.45) is 5.14 Å². The summed E-state index contributed by atoms with van der Waals surface area (Å²) in [7, 11) is -3.86. The molecule has 1 unspecified atom stereocenters. The summed E-state index contributed by atoms with van der Waals surface area (Å²) in [5.41, 5.74) is 2.82. The Balaban J connectivity index is 1.78. The fourth-order valence-corrected chi connectivity index (χ4v) is 6.39. The molecule has 4 N–H and O–H groups in total. The van der Waals surface area contributed by atoms with Gasteiger partial charge in [-0.2, -0.15) is 0 Å². The molecule has 4 aromatic rings. The van der Waals surface area contributed by atoms with Crippen LogP contribution in [0, 0.1) is 0 Å². The number of benzene rings is 3. The lowest BCUT2D eigenvalue weighted by atomic mass is 9.95. The highest BCUT2D eigenvalue weighted by atomic mass is 32.2. The van der Waals surface area contributed by atoms with Gasteiger partial charge in [0.05, 0.1) is 4.90 Å². The van der Waals surface area contributed by atoms with Crippen molar-refractivity contribution in [3.63, 3.8) is 0 Å². The second-order valence-corrected chi connectivity index (χ2v) is 11.9. The highest BCUT2D eigenvalue weighted by molar-refractivity contribution is 7.98. The number of thioether (sulfide) groups is 1. The molecule has 0 amide bonds. The van der Waals surface area contributed by atoms with E-state index in [-0.39, 0.29) is 4.90 Å². The van der Waals surface area contributed by atoms with E-state index in [0.29, 0.717) is 17.7 Å². The molecule has 0 aliphatic carbocycles. The van der Waals surface area contributed by atoms with Gasteiger partial charge in [-0.25, -0.2) is 18.4 Å². The average Bonchev–Trinajstić information content (AvgIpc) is 3.23. The van der Waals surface area contributed by atoms with Gasteiger partial charge in [0.15, 0.2) is 5.60 Å². The molecule has 0 saturated carbocycles. The van der Waals surface area contributed by atoms with Crippen molar-refractivity contribution in [3.05, 3.63) is 83.6 Å². The Hall–Kier alpha value is -3.11. The summed E-state index contributed by atoms with van der Waals surface area (Å²) in [4.78, 5) is 12.6. The number of carbonyl (C=O) groups is 1. The van der Waals surface area contributed by atoms with E-state index < -0.39 is 21.6 Å². The molecule has 0 aliphatic heterocycles. The predicted molar refractivity (Wildman–Crippen MR) is 152 cm³/mol. The van der Waals surface area contributed by atoms with E-state index in [4.69, 9.17) is 5.14 Å². The van der Waals surface area contributed by atoms with Crippen LogP contribution in [0.15, 0.2) is 76.5 Å². The number of aryl methyl sites for hydroxylation is 1. The van der Waals surface area contributed by atoms with E-state index in [1.807, 2.05) is 36.6 Å². The van der Waals surface area contributed by atoms with Crippen LogP contribution in [0.2, 0.25) is 0 Å². The van der Waals surface area contributed by atoms with Crippen molar-refractivity contribution in [2.75, 3.05) is 6.26 Å². The maximum Gasteiger partial charge on any atom is 0.340 e. The van der Waals surface area contributed by atoms with Crippen LogP contribution in [0.5, 0.6) is 0 Å². The van der Waals surface area contributed by atoms with Crippen LogP contribution in [0.1, 0.15) is 43.5 Å². The van der Waals surface area contributed by atoms with Gasteiger partial charge in [-0.05, 0) is 55.3 Å². The number of aromatic nitrogens is 1. The first kappa shape index (κ1) is 27.9. The number of carboxylic acid groups (broad SMARTS) is 1. The zero-order valence-electron chi connectivity index (χ0n) is 21.6. The molecule has 0 spiro atoms. The minimum atomic E-state index is -3.86. The van der Waals surface area contributed by atoms with Crippen molar-refractivity contribution in [2.45, 2.75) is 55.0 Å². The van der Waals surface area contributed by atoms with Gasteiger partial charge in [0.25, 0.3) is 0 Å². The third-order valence-corrected chi connectivity index (χ3v) is 8.67. The first-order valence-corrected chi connectivity index (χ1v) is 15.1. The average molecular weight is 553 g/mol. The molecule has 1 atom stereocenters. The molecule has 4 rings (SSSR count). The van der Waals surface area contributed by atoms with Crippen LogP contribution in [0.25, 0.3) is 22.0 Å². The number of rotatable bonds is 10. The number of hydrogen-bond acceptors (Lipinski definition) is 5. The molecule has 1 heterocycles. The van der Waals surface area contributed by atoms with Crippen LogP contribution < -0.4 is 5.14 Å².